The maximum atomic E-state index is 14.2. The molecule has 0 fully saturated rings. The molecular formula is C43H48N6O6. The van der Waals surface area contributed by atoms with E-state index in [2.05, 4.69) is 31.2 Å². The molecule has 0 aliphatic rings. The lowest BCUT2D eigenvalue weighted by Gasteiger charge is -2.29. The van der Waals surface area contributed by atoms with Crippen LogP contribution in [0.5, 0.6) is 0 Å². The summed E-state index contributed by atoms with van der Waals surface area (Å²) >= 11 is 0. The Morgan fingerprint density at radius 1 is 0.764 bits per heavy atom. The number of fused-ring (bicyclic) bond motifs is 1. The zero-order valence-corrected chi connectivity index (χ0v) is 31.1. The molecule has 1 heterocycles. The first-order valence-electron chi connectivity index (χ1n) is 18.5. The summed E-state index contributed by atoms with van der Waals surface area (Å²) in [5.41, 5.74) is 3.09. The standard InChI is InChI=1S/C43H48N6O6/c1-29(2)20-37(34(26-50)22-40(51)45-24-30-12-5-3-6-13-30)47-42(53)39(23-35-25-44-28-46-35)48-41(52)38(49-43(54)55-27-31-14-7-4-8-15-31)21-33-18-11-17-32-16-9-10-19-36(32)33/h3-19,25-26,28-29,34,37-39H,20-24,27H2,1-2H3,(H,44,46)(H,45,51)(H,47,53)(H,48,52)(H,49,54)/t34?,37?,38-,39+/m0/s1. The first kappa shape index (κ1) is 39.9. The van der Waals surface area contributed by atoms with Gasteiger partial charge in [0.2, 0.25) is 17.7 Å². The number of H-pyrrole nitrogens is 1. The van der Waals surface area contributed by atoms with Crippen LogP contribution in [0, 0.1) is 11.8 Å². The van der Waals surface area contributed by atoms with Crippen LogP contribution in [0.15, 0.2) is 116 Å². The fourth-order valence-electron chi connectivity index (χ4n) is 6.40. The van der Waals surface area contributed by atoms with Crippen LogP contribution in [0.2, 0.25) is 0 Å². The third-order valence-electron chi connectivity index (χ3n) is 9.24. The predicted octanol–water partition coefficient (Wildman–Crippen LogP) is 5.18. The fraction of sp³-hybridized carbons (Fsp3) is 0.302. The highest BCUT2D eigenvalue weighted by Crippen LogP contribution is 2.21. The van der Waals surface area contributed by atoms with E-state index < -0.39 is 42.0 Å². The van der Waals surface area contributed by atoms with E-state index >= 15 is 0 Å². The molecule has 12 nitrogen and oxygen atoms in total. The van der Waals surface area contributed by atoms with Crippen molar-refractivity contribution in [3.63, 3.8) is 0 Å². The number of ether oxygens (including phenoxy) is 1. The molecule has 1 aromatic heterocycles. The molecule has 5 rings (SSSR count). The number of nitrogens with one attached hydrogen (secondary N) is 5. The van der Waals surface area contributed by atoms with Gasteiger partial charge >= 0.3 is 6.09 Å². The molecule has 4 aromatic carbocycles. The zero-order chi connectivity index (χ0) is 39.0. The van der Waals surface area contributed by atoms with Gasteiger partial charge in [-0.25, -0.2) is 9.78 Å². The topological polar surface area (TPSA) is 171 Å². The Morgan fingerprint density at radius 3 is 2.11 bits per heavy atom. The third-order valence-corrected chi connectivity index (χ3v) is 9.24. The molecule has 286 valence electrons. The average molecular weight is 745 g/mol. The van der Waals surface area contributed by atoms with Crippen LogP contribution in [0.25, 0.3) is 10.8 Å². The second kappa shape index (κ2) is 20.2. The number of rotatable bonds is 19. The molecule has 0 radical (unpaired) electrons. The summed E-state index contributed by atoms with van der Waals surface area (Å²) in [5, 5.41) is 13.3. The summed E-state index contributed by atoms with van der Waals surface area (Å²) < 4.78 is 5.49. The lowest BCUT2D eigenvalue weighted by molar-refractivity contribution is -0.131. The number of aromatic nitrogens is 2. The largest absolute Gasteiger partial charge is 0.445 e. The van der Waals surface area contributed by atoms with E-state index in [1.165, 1.54) is 6.33 Å². The van der Waals surface area contributed by atoms with Crippen LogP contribution in [0.4, 0.5) is 4.79 Å². The van der Waals surface area contributed by atoms with E-state index in [0.717, 1.165) is 27.5 Å². The number of carbonyl (C=O) groups is 5. The van der Waals surface area contributed by atoms with Crippen molar-refractivity contribution in [2.45, 2.75) is 70.8 Å². The van der Waals surface area contributed by atoms with Crippen LogP contribution in [-0.2, 0) is 49.9 Å². The van der Waals surface area contributed by atoms with Gasteiger partial charge in [0.25, 0.3) is 0 Å². The van der Waals surface area contributed by atoms with E-state index in [4.69, 9.17) is 4.74 Å². The number of benzene rings is 4. The number of nitrogens with zero attached hydrogens (tertiary/aromatic N) is 1. The van der Waals surface area contributed by atoms with Crippen molar-refractivity contribution in [2.75, 3.05) is 0 Å². The maximum Gasteiger partial charge on any atom is 0.408 e. The summed E-state index contributed by atoms with van der Waals surface area (Å²) in [6.07, 6.45) is 3.34. The summed E-state index contributed by atoms with van der Waals surface area (Å²) in [5.74, 6) is -2.26. The quantitative estimate of drug-likeness (QED) is 0.0726. The summed E-state index contributed by atoms with van der Waals surface area (Å²) in [6.45, 7) is 4.22. The zero-order valence-electron chi connectivity index (χ0n) is 31.1. The minimum atomic E-state index is -1.14. The smallest absolute Gasteiger partial charge is 0.408 e. The minimum absolute atomic E-state index is 0.000445. The Morgan fingerprint density at radius 2 is 1.42 bits per heavy atom. The second-order valence-electron chi connectivity index (χ2n) is 14.0. The Balaban J connectivity index is 1.34. The van der Waals surface area contributed by atoms with Crippen molar-refractivity contribution >= 4 is 40.9 Å². The van der Waals surface area contributed by atoms with Crippen molar-refractivity contribution in [1.29, 1.82) is 0 Å². The second-order valence-corrected chi connectivity index (χ2v) is 14.0. The predicted molar refractivity (Wildman–Crippen MR) is 209 cm³/mol. The number of alkyl carbamates (subject to hydrolysis) is 1. The van der Waals surface area contributed by atoms with Gasteiger partial charge in [0.05, 0.1) is 6.33 Å². The van der Waals surface area contributed by atoms with Crippen LogP contribution in [-0.4, -0.2) is 58.2 Å². The molecule has 4 amide bonds. The summed E-state index contributed by atoms with van der Waals surface area (Å²) in [7, 11) is 0. The van der Waals surface area contributed by atoms with Crippen molar-refractivity contribution in [1.82, 2.24) is 31.2 Å². The molecule has 0 aliphatic carbocycles. The van der Waals surface area contributed by atoms with Gasteiger partial charge < -0.3 is 35.8 Å². The Labute approximate surface area is 320 Å². The molecule has 5 aromatic rings. The molecule has 5 N–H and O–H groups in total. The Bertz CT molecular complexity index is 2000. The lowest BCUT2D eigenvalue weighted by Crippen LogP contribution is -2.57. The first-order chi connectivity index (χ1) is 26.7. The van der Waals surface area contributed by atoms with Gasteiger partial charge in [-0.3, -0.25) is 14.4 Å². The number of imidazole rings is 1. The SMILES string of the molecule is CC(C)CC(NC(=O)[C@@H](Cc1cnc[nH]1)NC(=O)[C@H](Cc1cccc2ccccc12)NC(=O)OCc1ccccc1)C(C=O)CC(=O)NCc1ccccc1. The molecule has 0 saturated carbocycles. The number of amides is 4. The Hall–Kier alpha value is -6.30. The van der Waals surface area contributed by atoms with E-state index in [1.54, 1.807) is 6.20 Å². The maximum absolute atomic E-state index is 14.2. The molecule has 0 saturated heterocycles. The molecule has 12 heteroatoms. The molecule has 55 heavy (non-hydrogen) atoms. The van der Waals surface area contributed by atoms with Crippen LogP contribution < -0.4 is 21.3 Å². The summed E-state index contributed by atoms with van der Waals surface area (Å²) in [4.78, 5) is 74.0. The Kier molecular flexibility index (Phi) is 14.7. The van der Waals surface area contributed by atoms with Gasteiger partial charge in [-0.05, 0) is 39.8 Å². The van der Waals surface area contributed by atoms with E-state index in [-0.39, 0.29) is 37.7 Å². The highest BCUT2D eigenvalue weighted by molar-refractivity contribution is 5.93. The summed E-state index contributed by atoms with van der Waals surface area (Å²) in [6, 6.07) is 29.1. The first-order valence-corrected chi connectivity index (χ1v) is 18.5. The van der Waals surface area contributed by atoms with Gasteiger partial charge in [-0.15, -0.1) is 0 Å². The fourth-order valence-corrected chi connectivity index (χ4v) is 6.40. The van der Waals surface area contributed by atoms with Gasteiger partial charge in [-0.1, -0.05) is 117 Å². The van der Waals surface area contributed by atoms with Crippen LogP contribution in [0.3, 0.4) is 0 Å². The van der Waals surface area contributed by atoms with Crippen LogP contribution in [0.1, 0.15) is 49.1 Å². The molecular weight excluding hydrogens is 697 g/mol. The van der Waals surface area contributed by atoms with E-state index in [1.807, 2.05) is 117 Å². The van der Waals surface area contributed by atoms with E-state index in [9.17, 15) is 24.0 Å². The van der Waals surface area contributed by atoms with Crippen molar-refractivity contribution in [3.05, 3.63) is 138 Å². The lowest BCUT2D eigenvalue weighted by atomic mass is 9.89. The van der Waals surface area contributed by atoms with E-state index in [0.29, 0.717) is 24.9 Å². The monoisotopic (exact) mass is 744 g/mol. The van der Waals surface area contributed by atoms with Gasteiger partial charge in [-0.2, -0.15) is 0 Å². The van der Waals surface area contributed by atoms with Crippen LogP contribution >= 0.6 is 0 Å². The van der Waals surface area contributed by atoms with Crippen molar-refractivity contribution in [3.8, 4) is 0 Å². The van der Waals surface area contributed by atoms with Crippen molar-refractivity contribution < 1.29 is 28.7 Å². The minimum Gasteiger partial charge on any atom is -0.445 e. The molecule has 2 unspecified atom stereocenters. The number of aromatic amines is 1. The number of hydrogen-bond donors (Lipinski definition) is 5. The number of carbonyl (C=O) groups excluding carboxylic acids is 5. The van der Waals surface area contributed by atoms with Gasteiger partial charge in [0, 0.05) is 49.7 Å². The third kappa shape index (κ3) is 12.4. The molecule has 4 atom stereocenters. The van der Waals surface area contributed by atoms with Gasteiger partial charge in [0.1, 0.15) is 25.0 Å². The molecule has 0 bridgehead atoms. The normalized spacial score (nSPS) is 13.2. The average Bonchev–Trinajstić information content (AvgIpc) is 3.71. The van der Waals surface area contributed by atoms with Crippen molar-refractivity contribution in [2.24, 2.45) is 11.8 Å². The molecule has 0 spiro atoms. The highest BCUT2D eigenvalue weighted by atomic mass is 16.5. The number of aldehydes is 1. The van der Waals surface area contributed by atoms with Gasteiger partial charge in [0.15, 0.2) is 0 Å². The molecule has 0 aliphatic heterocycles. The number of hydrogen-bond acceptors (Lipinski definition) is 7. The highest BCUT2D eigenvalue weighted by Gasteiger charge is 2.32.